The average molecular weight is 289 g/mol. The quantitative estimate of drug-likeness (QED) is 0.845. The number of aryl methyl sites for hydroxylation is 1. The summed E-state index contributed by atoms with van der Waals surface area (Å²) in [5.74, 6) is 2.34. The maximum Gasteiger partial charge on any atom is 0.122 e. The van der Waals surface area contributed by atoms with Crippen molar-refractivity contribution >= 4 is 0 Å². The van der Waals surface area contributed by atoms with E-state index >= 15 is 0 Å². The van der Waals surface area contributed by atoms with Crippen LogP contribution in [0.3, 0.4) is 0 Å². The first kappa shape index (κ1) is 16.4. The molecule has 21 heavy (non-hydrogen) atoms. The van der Waals surface area contributed by atoms with Crippen LogP contribution in [0.15, 0.2) is 18.2 Å². The zero-order valence-corrected chi connectivity index (χ0v) is 14.1. The fourth-order valence-corrected chi connectivity index (χ4v) is 3.31. The van der Waals surface area contributed by atoms with E-state index in [1.54, 1.807) is 0 Å². The Morgan fingerprint density at radius 1 is 1.29 bits per heavy atom. The monoisotopic (exact) mass is 289 g/mol. The number of ether oxygens (including phenoxy) is 1. The van der Waals surface area contributed by atoms with Crippen molar-refractivity contribution < 1.29 is 4.74 Å². The van der Waals surface area contributed by atoms with E-state index in [0.717, 1.165) is 24.5 Å². The van der Waals surface area contributed by atoms with Crippen LogP contribution in [0.25, 0.3) is 0 Å². The summed E-state index contributed by atoms with van der Waals surface area (Å²) >= 11 is 0. The second-order valence-electron chi connectivity index (χ2n) is 6.97. The molecule has 0 saturated heterocycles. The summed E-state index contributed by atoms with van der Waals surface area (Å²) in [5, 5.41) is 0. The van der Waals surface area contributed by atoms with Crippen LogP contribution in [-0.2, 0) is 0 Å². The number of nitrogens with two attached hydrogens (primary N) is 1. The average Bonchev–Trinajstić information content (AvgIpc) is 2.45. The van der Waals surface area contributed by atoms with Crippen molar-refractivity contribution in [1.29, 1.82) is 0 Å². The van der Waals surface area contributed by atoms with E-state index in [9.17, 15) is 0 Å². The number of benzene rings is 1. The third kappa shape index (κ3) is 4.23. The minimum Gasteiger partial charge on any atom is -0.489 e. The SMILES string of the molecule is CCCC1CCC(N)C(Oc2cc(C(C)C)ccc2C)C1. The molecule has 1 aliphatic rings. The predicted octanol–water partition coefficient (Wildman–Crippen LogP) is 4.79. The largest absolute Gasteiger partial charge is 0.489 e. The van der Waals surface area contributed by atoms with Crippen molar-refractivity contribution in [2.24, 2.45) is 11.7 Å². The molecule has 2 heteroatoms. The van der Waals surface area contributed by atoms with Gasteiger partial charge in [-0.25, -0.2) is 0 Å². The van der Waals surface area contributed by atoms with Crippen LogP contribution < -0.4 is 10.5 Å². The Morgan fingerprint density at radius 3 is 2.71 bits per heavy atom. The molecule has 1 aliphatic carbocycles. The Morgan fingerprint density at radius 2 is 2.05 bits per heavy atom. The Bertz CT molecular complexity index is 455. The molecule has 3 atom stereocenters. The molecular weight excluding hydrogens is 258 g/mol. The molecule has 118 valence electrons. The van der Waals surface area contributed by atoms with Gasteiger partial charge in [-0.15, -0.1) is 0 Å². The van der Waals surface area contributed by atoms with Crippen molar-refractivity contribution in [2.75, 3.05) is 0 Å². The Hall–Kier alpha value is -1.02. The molecule has 0 radical (unpaired) electrons. The summed E-state index contributed by atoms with van der Waals surface area (Å²) < 4.78 is 6.34. The van der Waals surface area contributed by atoms with E-state index in [1.165, 1.54) is 30.4 Å². The van der Waals surface area contributed by atoms with Gasteiger partial charge in [0.2, 0.25) is 0 Å². The summed E-state index contributed by atoms with van der Waals surface area (Å²) in [4.78, 5) is 0. The first-order valence-electron chi connectivity index (χ1n) is 8.54. The highest BCUT2D eigenvalue weighted by Gasteiger charge is 2.29. The van der Waals surface area contributed by atoms with Gasteiger partial charge in [-0.1, -0.05) is 45.7 Å². The lowest BCUT2D eigenvalue weighted by atomic mass is 9.82. The smallest absolute Gasteiger partial charge is 0.122 e. The first-order valence-corrected chi connectivity index (χ1v) is 8.54. The molecule has 1 fully saturated rings. The van der Waals surface area contributed by atoms with Gasteiger partial charge in [-0.2, -0.15) is 0 Å². The maximum atomic E-state index is 6.34. The third-order valence-electron chi connectivity index (χ3n) is 4.81. The number of hydrogen-bond acceptors (Lipinski definition) is 2. The number of hydrogen-bond donors (Lipinski definition) is 1. The Labute approximate surface area is 130 Å². The van der Waals surface area contributed by atoms with Crippen molar-refractivity contribution in [1.82, 2.24) is 0 Å². The van der Waals surface area contributed by atoms with Gasteiger partial charge in [0.1, 0.15) is 11.9 Å². The van der Waals surface area contributed by atoms with Crippen LogP contribution in [0.5, 0.6) is 5.75 Å². The minimum atomic E-state index is 0.177. The van der Waals surface area contributed by atoms with Gasteiger partial charge < -0.3 is 10.5 Å². The van der Waals surface area contributed by atoms with Crippen LogP contribution in [0.2, 0.25) is 0 Å². The molecule has 2 N–H and O–H groups in total. The molecule has 2 rings (SSSR count). The summed E-state index contributed by atoms with van der Waals surface area (Å²) in [6.07, 6.45) is 6.21. The van der Waals surface area contributed by atoms with Crippen LogP contribution in [-0.4, -0.2) is 12.1 Å². The van der Waals surface area contributed by atoms with E-state index in [0.29, 0.717) is 5.92 Å². The van der Waals surface area contributed by atoms with Crippen LogP contribution in [0.4, 0.5) is 0 Å². The van der Waals surface area contributed by atoms with Crippen molar-refractivity contribution in [3.63, 3.8) is 0 Å². The second kappa shape index (κ2) is 7.31. The van der Waals surface area contributed by atoms with Crippen molar-refractivity contribution in [3.8, 4) is 5.75 Å². The van der Waals surface area contributed by atoms with E-state index in [-0.39, 0.29) is 12.1 Å². The first-order chi connectivity index (χ1) is 10.0. The summed E-state index contributed by atoms with van der Waals surface area (Å²) in [7, 11) is 0. The molecule has 0 aromatic heterocycles. The van der Waals surface area contributed by atoms with E-state index in [2.05, 4.69) is 45.9 Å². The van der Waals surface area contributed by atoms with Crippen LogP contribution in [0, 0.1) is 12.8 Å². The molecule has 1 aromatic carbocycles. The molecule has 0 aliphatic heterocycles. The fourth-order valence-electron chi connectivity index (χ4n) is 3.31. The lowest BCUT2D eigenvalue weighted by Gasteiger charge is -2.34. The normalized spacial score (nSPS) is 26.1. The lowest BCUT2D eigenvalue weighted by molar-refractivity contribution is 0.0985. The molecule has 0 bridgehead atoms. The zero-order chi connectivity index (χ0) is 15.4. The van der Waals surface area contributed by atoms with Gasteiger partial charge in [0, 0.05) is 6.04 Å². The van der Waals surface area contributed by atoms with Gasteiger partial charge in [0.05, 0.1) is 0 Å². The molecule has 0 spiro atoms. The van der Waals surface area contributed by atoms with Gasteiger partial charge in [0.15, 0.2) is 0 Å². The van der Waals surface area contributed by atoms with Gasteiger partial charge in [-0.05, 0) is 55.2 Å². The van der Waals surface area contributed by atoms with Gasteiger partial charge in [-0.3, -0.25) is 0 Å². The standard InChI is InChI=1S/C19H31NO/c1-5-6-15-8-10-17(20)19(11-15)21-18-12-16(13(2)3)9-7-14(18)4/h7,9,12-13,15,17,19H,5-6,8,10-11,20H2,1-4H3. The molecule has 0 amide bonds. The number of rotatable bonds is 5. The Kier molecular flexibility index (Phi) is 5.69. The fraction of sp³-hybridized carbons (Fsp3) is 0.684. The van der Waals surface area contributed by atoms with Crippen LogP contribution >= 0.6 is 0 Å². The predicted molar refractivity (Wildman–Crippen MR) is 89.9 cm³/mol. The summed E-state index contributed by atoms with van der Waals surface area (Å²) in [5.41, 5.74) is 8.86. The topological polar surface area (TPSA) is 35.2 Å². The van der Waals surface area contributed by atoms with E-state index < -0.39 is 0 Å². The second-order valence-corrected chi connectivity index (χ2v) is 6.97. The molecule has 2 nitrogen and oxygen atoms in total. The summed E-state index contributed by atoms with van der Waals surface area (Å²) in [6, 6.07) is 6.76. The molecule has 3 unspecified atom stereocenters. The highest BCUT2D eigenvalue weighted by Crippen LogP contribution is 2.32. The Balaban J connectivity index is 2.10. The molecule has 1 saturated carbocycles. The van der Waals surface area contributed by atoms with Gasteiger partial charge >= 0.3 is 0 Å². The van der Waals surface area contributed by atoms with E-state index in [4.69, 9.17) is 10.5 Å². The molecular formula is C19H31NO. The van der Waals surface area contributed by atoms with Gasteiger partial charge in [0.25, 0.3) is 0 Å². The molecule has 0 heterocycles. The highest BCUT2D eigenvalue weighted by atomic mass is 16.5. The van der Waals surface area contributed by atoms with Crippen molar-refractivity contribution in [2.45, 2.75) is 77.9 Å². The van der Waals surface area contributed by atoms with E-state index in [1.807, 2.05) is 0 Å². The van der Waals surface area contributed by atoms with Crippen molar-refractivity contribution in [3.05, 3.63) is 29.3 Å². The minimum absolute atomic E-state index is 0.177. The third-order valence-corrected chi connectivity index (χ3v) is 4.81. The zero-order valence-electron chi connectivity index (χ0n) is 14.1. The maximum absolute atomic E-state index is 6.34. The molecule has 1 aromatic rings. The highest BCUT2D eigenvalue weighted by molar-refractivity contribution is 5.38. The summed E-state index contributed by atoms with van der Waals surface area (Å²) in [6.45, 7) is 8.83. The van der Waals surface area contributed by atoms with Crippen LogP contribution in [0.1, 0.15) is 69.9 Å². The lowest BCUT2D eigenvalue weighted by Crippen LogP contribution is -2.44.